The molecule has 3 rings (SSSR count). The Morgan fingerprint density at radius 2 is 1.08 bits per heavy atom. The van der Waals surface area contributed by atoms with Crippen LogP contribution in [0.4, 0.5) is 0 Å². The topological polar surface area (TPSA) is 26.3 Å². The van der Waals surface area contributed by atoms with Crippen LogP contribution < -0.4 is 15.9 Å². The molecule has 4 heteroatoms. The van der Waals surface area contributed by atoms with Crippen molar-refractivity contribution in [2.75, 3.05) is 6.61 Å². The fraction of sp³-hybridized carbons (Fsp3) is 0.136. The van der Waals surface area contributed by atoms with Crippen LogP contribution in [0.25, 0.3) is 0 Å². The van der Waals surface area contributed by atoms with Crippen molar-refractivity contribution in [3.05, 3.63) is 91.0 Å². The van der Waals surface area contributed by atoms with Crippen LogP contribution in [0.1, 0.15) is 13.8 Å². The van der Waals surface area contributed by atoms with Crippen molar-refractivity contribution >= 4 is 43.3 Å². The van der Waals surface area contributed by atoms with Crippen molar-refractivity contribution in [3.63, 3.8) is 0 Å². The molecule has 0 spiro atoms. The Hall–Kier alpha value is -1.96. The number of esters is 1. The maximum absolute atomic E-state index is 9.82. The summed E-state index contributed by atoms with van der Waals surface area (Å²) in [6.45, 7) is 3.65. The smallest absolute Gasteiger partial charge is 0.302 e. The Labute approximate surface area is 164 Å². The molecule has 0 saturated carbocycles. The molecule has 0 aliphatic heterocycles. The normalized spacial score (nSPS) is 11.0. The minimum Gasteiger partial charge on any atom is -0.466 e. The summed E-state index contributed by atoms with van der Waals surface area (Å²) < 4.78 is 4.40. The minimum absolute atomic E-state index is 0.211. The molecule has 0 heterocycles. The van der Waals surface area contributed by atoms with Gasteiger partial charge in [-0.05, 0) is 6.92 Å². The maximum atomic E-state index is 9.82. The zero-order valence-electron chi connectivity index (χ0n) is 15.1. The summed E-state index contributed by atoms with van der Waals surface area (Å²) in [4.78, 5) is 9.82. The zero-order valence-corrected chi connectivity index (χ0v) is 17.6. The first-order chi connectivity index (χ1) is 12.6. The quantitative estimate of drug-likeness (QED) is 0.446. The van der Waals surface area contributed by atoms with Gasteiger partial charge in [0.05, 0.1) is 6.61 Å². The van der Waals surface area contributed by atoms with Crippen LogP contribution in [0.2, 0.25) is 0 Å². The predicted molar refractivity (Wildman–Crippen MR) is 118 cm³/mol. The molecule has 0 atom stereocenters. The Morgan fingerprint density at radius 3 is 1.27 bits per heavy atom. The van der Waals surface area contributed by atoms with E-state index in [2.05, 4.69) is 111 Å². The van der Waals surface area contributed by atoms with E-state index in [1.807, 2.05) is 0 Å². The van der Waals surface area contributed by atoms with Crippen molar-refractivity contribution in [2.24, 2.45) is 0 Å². The summed E-state index contributed by atoms with van der Waals surface area (Å²) in [5, 5.41) is 4.12. The molecule has 3 aromatic carbocycles. The van der Waals surface area contributed by atoms with Gasteiger partial charge in [0.25, 0.3) is 0 Å². The van der Waals surface area contributed by atoms with Crippen LogP contribution in [0, 0.1) is 0 Å². The molecule has 0 N–H and O–H groups in total. The first kappa shape index (κ1) is 20.4. The summed E-state index contributed by atoms with van der Waals surface area (Å²) >= 11 is 4.15. The molecular formula is C22H24BrO2P. The van der Waals surface area contributed by atoms with Crippen LogP contribution in [0.3, 0.4) is 0 Å². The molecule has 0 saturated heterocycles. The van der Waals surface area contributed by atoms with E-state index in [9.17, 15) is 4.79 Å². The first-order valence-electron chi connectivity index (χ1n) is 8.58. The molecule has 0 aliphatic carbocycles. The van der Waals surface area contributed by atoms with E-state index in [-0.39, 0.29) is 5.97 Å². The number of benzene rings is 3. The van der Waals surface area contributed by atoms with Gasteiger partial charge in [0, 0.05) is 6.92 Å². The van der Waals surface area contributed by atoms with Gasteiger partial charge in [0.2, 0.25) is 0 Å². The van der Waals surface area contributed by atoms with Crippen molar-refractivity contribution in [1.82, 2.24) is 0 Å². The molecule has 0 amide bonds. The molecule has 0 aromatic heterocycles. The number of hydrogen-bond donors (Lipinski definition) is 0. The Balaban J connectivity index is 0.000000352. The number of hydrogen-bond acceptors (Lipinski definition) is 2. The summed E-state index contributed by atoms with van der Waals surface area (Å²) in [6, 6.07) is 32.2. The maximum Gasteiger partial charge on any atom is 0.302 e. The molecule has 0 bridgehead atoms. The van der Waals surface area contributed by atoms with Crippen molar-refractivity contribution in [2.45, 2.75) is 13.8 Å². The predicted octanol–water partition coefficient (Wildman–Crippen LogP) is 4.59. The van der Waals surface area contributed by atoms with E-state index in [0.29, 0.717) is 6.61 Å². The van der Waals surface area contributed by atoms with Crippen LogP contribution >= 0.6 is 21.5 Å². The molecule has 0 unspecified atom stereocenters. The zero-order chi connectivity index (χ0) is 18.8. The standard InChI is InChI=1S/C18H16BrP.C4H8O2/c19-20(16-10-4-1-5-11-16,17-12-6-2-7-13-17)18-14-8-3-9-15-18;1-3-6-4(2)5/h1-15,20H;3H2,1-2H3. The van der Waals surface area contributed by atoms with Crippen molar-refractivity contribution < 1.29 is 9.53 Å². The summed E-state index contributed by atoms with van der Waals surface area (Å²) in [6.07, 6.45) is 0. The molecule has 136 valence electrons. The van der Waals surface area contributed by atoms with E-state index >= 15 is 0 Å². The number of carbonyl (C=O) groups is 1. The second-order valence-electron chi connectivity index (χ2n) is 5.68. The summed E-state index contributed by atoms with van der Waals surface area (Å²) in [7, 11) is 0. The average Bonchev–Trinajstić information content (AvgIpc) is 2.70. The summed E-state index contributed by atoms with van der Waals surface area (Å²) in [5.74, 6) is -2.28. The molecule has 0 aliphatic rings. The van der Waals surface area contributed by atoms with Gasteiger partial charge >= 0.3 is 134 Å². The molecule has 3 aromatic rings. The number of ether oxygens (including phenoxy) is 1. The van der Waals surface area contributed by atoms with Crippen LogP contribution in [-0.2, 0) is 9.53 Å². The first-order valence-corrected chi connectivity index (χ1v) is 12.8. The number of rotatable bonds is 4. The van der Waals surface area contributed by atoms with Gasteiger partial charge < -0.3 is 4.74 Å². The third-order valence-electron chi connectivity index (χ3n) is 3.86. The van der Waals surface area contributed by atoms with Crippen LogP contribution in [-0.4, -0.2) is 12.6 Å². The van der Waals surface area contributed by atoms with E-state index in [1.165, 1.54) is 22.8 Å². The van der Waals surface area contributed by atoms with Gasteiger partial charge in [-0.3, -0.25) is 4.79 Å². The van der Waals surface area contributed by atoms with Crippen molar-refractivity contribution in [1.29, 1.82) is 0 Å². The molecular weight excluding hydrogens is 407 g/mol. The largest absolute Gasteiger partial charge is 0.466 e. The van der Waals surface area contributed by atoms with E-state index in [1.54, 1.807) is 6.92 Å². The molecule has 26 heavy (non-hydrogen) atoms. The summed E-state index contributed by atoms with van der Waals surface area (Å²) in [5.41, 5.74) is 0. The molecule has 2 nitrogen and oxygen atoms in total. The molecule has 0 fully saturated rings. The third-order valence-corrected chi connectivity index (χ3v) is 11.4. The van der Waals surface area contributed by atoms with E-state index in [4.69, 9.17) is 0 Å². The van der Waals surface area contributed by atoms with Gasteiger partial charge in [-0.2, -0.15) is 0 Å². The van der Waals surface area contributed by atoms with Gasteiger partial charge in [-0.25, -0.2) is 0 Å². The minimum atomic E-state index is -2.07. The fourth-order valence-corrected chi connectivity index (χ4v) is 8.04. The molecule has 0 radical (unpaired) electrons. The Kier molecular flexibility index (Phi) is 8.03. The monoisotopic (exact) mass is 430 g/mol. The van der Waals surface area contributed by atoms with E-state index in [0.717, 1.165) is 0 Å². The number of halogens is 1. The Bertz CT molecular complexity index is 695. The van der Waals surface area contributed by atoms with Crippen LogP contribution in [0.15, 0.2) is 91.0 Å². The fourth-order valence-electron chi connectivity index (χ4n) is 2.71. The van der Waals surface area contributed by atoms with Gasteiger partial charge in [0.15, 0.2) is 0 Å². The van der Waals surface area contributed by atoms with Crippen LogP contribution in [0.5, 0.6) is 0 Å². The SMILES string of the molecule is Br[PH](c1ccccc1)(c1ccccc1)c1ccccc1.CCOC(C)=O. The third kappa shape index (κ3) is 5.27. The van der Waals surface area contributed by atoms with Gasteiger partial charge in [-0.1, -0.05) is 0 Å². The Morgan fingerprint density at radius 1 is 0.769 bits per heavy atom. The second kappa shape index (κ2) is 10.3. The number of carbonyl (C=O) groups excluding carboxylic acids is 1. The average molecular weight is 431 g/mol. The van der Waals surface area contributed by atoms with E-state index < -0.39 is 5.96 Å². The van der Waals surface area contributed by atoms with Gasteiger partial charge in [-0.15, -0.1) is 0 Å². The van der Waals surface area contributed by atoms with Gasteiger partial charge in [0.1, 0.15) is 0 Å². The second-order valence-corrected chi connectivity index (χ2v) is 12.3. The van der Waals surface area contributed by atoms with Crippen molar-refractivity contribution in [3.8, 4) is 0 Å².